The summed E-state index contributed by atoms with van der Waals surface area (Å²) in [7, 11) is 2.02. The van der Waals surface area contributed by atoms with Gasteiger partial charge in [0.05, 0.1) is 6.10 Å². The molecule has 1 aromatic rings. The van der Waals surface area contributed by atoms with Crippen molar-refractivity contribution in [2.24, 2.45) is 10.9 Å². The van der Waals surface area contributed by atoms with Gasteiger partial charge in [-0.15, -0.1) is 24.0 Å². The number of halogens is 2. The molecule has 0 aliphatic heterocycles. The Labute approximate surface area is 161 Å². The summed E-state index contributed by atoms with van der Waals surface area (Å²) >= 11 is 6.04. The fraction of sp³-hybridized carbons (Fsp3) is 0.588. The quantitative estimate of drug-likeness (QED) is 0.409. The van der Waals surface area contributed by atoms with Crippen LogP contribution in [-0.2, 0) is 6.54 Å². The summed E-state index contributed by atoms with van der Waals surface area (Å²) in [4.78, 5) is 6.80. The van der Waals surface area contributed by atoms with Gasteiger partial charge >= 0.3 is 0 Å². The Kier molecular flexibility index (Phi) is 9.24. The van der Waals surface area contributed by atoms with E-state index in [1.165, 1.54) is 0 Å². The number of aliphatic hydroxyl groups excluding tert-OH is 1. The van der Waals surface area contributed by atoms with E-state index >= 15 is 0 Å². The standard InChI is InChI=1S/C17H26ClN3O.HI/c1-3-19-17(20-11-14-7-5-9-16(14)22)21(2)12-13-6-4-8-15(18)10-13;/h4,6,8,10,14,16,22H,3,5,7,9,11-12H2,1-2H3,(H,19,20);1H. The van der Waals surface area contributed by atoms with E-state index in [-0.39, 0.29) is 30.1 Å². The molecule has 4 nitrogen and oxygen atoms in total. The molecule has 2 rings (SSSR count). The molecule has 0 heterocycles. The van der Waals surface area contributed by atoms with Crippen LogP contribution in [0.15, 0.2) is 29.3 Å². The summed E-state index contributed by atoms with van der Waals surface area (Å²) in [5.74, 6) is 1.18. The van der Waals surface area contributed by atoms with Gasteiger partial charge in [-0.05, 0) is 37.5 Å². The molecule has 0 amide bonds. The number of hydrogen-bond donors (Lipinski definition) is 2. The van der Waals surface area contributed by atoms with E-state index in [0.717, 1.165) is 48.9 Å². The Hall–Kier alpha value is -0.530. The van der Waals surface area contributed by atoms with Crippen molar-refractivity contribution in [3.8, 4) is 0 Å². The summed E-state index contributed by atoms with van der Waals surface area (Å²) in [6.07, 6.45) is 2.90. The van der Waals surface area contributed by atoms with E-state index in [2.05, 4.69) is 23.2 Å². The van der Waals surface area contributed by atoms with Gasteiger partial charge in [-0.2, -0.15) is 0 Å². The average Bonchev–Trinajstić information content (AvgIpc) is 2.88. The van der Waals surface area contributed by atoms with Gasteiger partial charge in [-0.3, -0.25) is 4.99 Å². The second-order valence-corrected chi connectivity index (χ2v) is 6.38. The zero-order valence-corrected chi connectivity index (χ0v) is 16.9. The maximum atomic E-state index is 9.92. The van der Waals surface area contributed by atoms with Crippen LogP contribution in [0.4, 0.5) is 0 Å². The predicted octanol–water partition coefficient (Wildman–Crippen LogP) is 3.52. The maximum Gasteiger partial charge on any atom is 0.193 e. The van der Waals surface area contributed by atoms with Crippen molar-refractivity contribution in [1.29, 1.82) is 0 Å². The van der Waals surface area contributed by atoms with E-state index in [0.29, 0.717) is 12.5 Å². The summed E-state index contributed by atoms with van der Waals surface area (Å²) in [5.41, 5.74) is 1.15. The molecule has 130 valence electrons. The lowest BCUT2D eigenvalue weighted by Crippen LogP contribution is -2.39. The lowest BCUT2D eigenvalue weighted by Gasteiger charge is -2.23. The monoisotopic (exact) mass is 451 g/mol. The molecular weight excluding hydrogens is 425 g/mol. The lowest BCUT2D eigenvalue weighted by molar-refractivity contribution is 0.136. The molecule has 0 aromatic heterocycles. The first-order valence-electron chi connectivity index (χ1n) is 8.02. The first kappa shape index (κ1) is 20.5. The normalized spacial score (nSPS) is 21.0. The molecule has 1 aliphatic carbocycles. The van der Waals surface area contributed by atoms with Crippen LogP contribution in [0.3, 0.4) is 0 Å². The number of nitrogens with zero attached hydrogens (tertiary/aromatic N) is 2. The third-order valence-electron chi connectivity index (χ3n) is 4.10. The Bertz CT molecular complexity index is 512. The molecule has 6 heteroatoms. The first-order chi connectivity index (χ1) is 10.6. The molecule has 0 saturated heterocycles. The highest BCUT2D eigenvalue weighted by Crippen LogP contribution is 2.25. The second kappa shape index (κ2) is 10.4. The maximum absolute atomic E-state index is 9.92. The third kappa shape index (κ3) is 6.47. The number of guanidine groups is 1. The van der Waals surface area contributed by atoms with Crippen molar-refractivity contribution in [2.75, 3.05) is 20.1 Å². The molecule has 1 aliphatic rings. The molecular formula is C17H27ClIN3O. The fourth-order valence-electron chi connectivity index (χ4n) is 2.89. The van der Waals surface area contributed by atoms with E-state index < -0.39 is 0 Å². The van der Waals surface area contributed by atoms with Gasteiger partial charge in [0.1, 0.15) is 0 Å². The highest BCUT2D eigenvalue weighted by atomic mass is 127. The summed E-state index contributed by atoms with van der Waals surface area (Å²) in [6, 6.07) is 7.88. The summed E-state index contributed by atoms with van der Waals surface area (Å²) in [5, 5.41) is 14.0. The molecule has 0 spiro atoms. The van der Waals surface area contributed by atoms with E-state index in [4.69, 9.17) is 16.6 Å². The van der Waals surface area contributed by atoms with Crippen molar-refractivity contribution >= 4 is 41.5 Å². The van der Waals surface area contributed by atoms with Crippen molar-refractivity contribution < 1.29 is 5.11 Å². The topological polar surface area (TPSA) is 47.9 Å². The smallest absolute Gasteiger partial charge is 0.193 e. The van der Waals surface area contributed by atoms with Crippen LogP contribution >= 0.6 is 35.6 Å². The lowest BCUT2D eigenvalue weighted by atomic mass is 10.1. The van der Waals surface area contributed by atoms with E-state index in [1.807, 2.05) is 25.2 Å². The van der Waals surface area contributed by atoms with Crippen LogP contribution in [0, 0.1) is 5.92 Å². The largest absolute Gasteiger partial charge is 0.393 e. The molecule has 1 fully saturated rings. The molecule has 2 unspecified atom stereocenters. The molecule has 1 saturated carbocycles. The van der Waals surface area contributed by atoms with E-state index in [9.17, 15) is 5.11 Å². The Balaban J connectivity index is 0.00000264. The van der Waals surface area contributed by atoms with Crippen LogP contribution in [-0.4, -0.2) is 42.2 Å². The number of benzene rings is 1. The van der Waals surface area contributed by atoms with Gasteiger partial charge in [0.2, 0.25) is 0 Å². The Morgan fingerprint density at radius 2 is 2.22 bits per heavy atom. The van der Waals surface area contributed by atoms with Crippen LogP contribution in [0.2, 0.25) is 5.02 Å². The number of aliphatic imine (C=N–C) groups is 1. The third-order valence-corrected chi connectivity index (χ3v) is 4.33. The molecule has 2 atom stereocenters. The number of nitrogens with one attached hydrogen (secondary N) is 1. The van der Waals surface area contributed by atoms with Gasteiger partial charge in [0.15, 0.2) is 5.96 Å². The Morgan fingerprint density at radius 3 is 2.83 bits per heavy atom. The molecule has 2 N–H and O–H groups in total. The van der Waals surface area contributed by atoms with Crippen molar-refractivity contribution in [3.63, 3.8) is 0 Å². The van der Waals surface area contributed by atoms with Crippen LogP contribution in [0.5, 0.6) is 0 Å². The van der Waals surface area contributed by atoms with Gasteiger partial charge in [-0.1, -0.05) is 30.2 Å². The van der Waals surface area contributed by atoms with Gasteiger partial charge < -0.3 is 15.3 Å². The van der Waals surface area contributed by atoms with E-state index in [1.54, 1.807) is 0 Å². The van der Waals surface area contributed by atoms with Crippen molar-refractivity contribution in [1.82, 2.24) is 10.2 Å². The molecule has 0 radical (unpaired) electrons. The van der Waals surface area contributed by atoms with Crippen LogP contribution in [0.1, 0.15) is 31.7 Å². The number of rotatable bonds is 5. The summed E-state index contributed by atoms with van der Waals surface area (Å²) < 4.78 is 0. The first-order valence-corrected chi connectivity index (χ1v) is 8.40. The van der Waals surface area contributed by atoms with Crippen molar-refractivity contribution in [3.05, 3.63) is 34.9 Å². The van der Waals surface area contributed by atoms with Gasteiger partial charge in [0.25, 0.3) is 0 Å². The Morgan fingerprint density at radius 1 is 1.43 bits per heavy atom. The average molecular weight is 452 g/mol. The predicted molar refractivity (Wildman–Crippen MR) is 108 cm³/mol. The molecule has 23 heavy (non-hydrogen) atoms. The van der Waals surface area contributed by atoms with Gasteiger partial charge in [0, 0.05) is 37.6 Å². The number of hydrogen-bond acceptors (Lipinski definition) is 2. The second-order valence-electron chi connectivity index (χ2n) is 5.94. The van der Waals surface area contributed by atoms with Gasteiger partial charge in [-0.25, -0.2) is 0 Å². The minimum Gasteiger partial charge on any atom is -0.393 e. The minimum atomic E-state index is -0.190. The van der Waals surface area contributed by atoms with Crippen molar-refractivity contribution in [2.45, 2.75) is 38.8 Å². The fourth-order valence-corrected chi connectivity index (χ4v) is 3.10. The highest BCUT2D eigenvalue weighted by Gasteiger charge is 2.25. The molecule has 1 aromatic carbocycles. The minimum absolute atomic E-state index is 0. The zero-order chi connectivity index (χ0) is 15.9. The number of aliphatic hydroxyl groups is 1. The zero-order valence-electron chi connectivity index (χ0n) is 13.8. The molecule has 0 bridgehead atoms. The summed E-state index contributed by atoms with van der Waals surface area (Å²) in [6.45, 7) is 4.32. The van der Waals surface area contributed by atoms with Crippen LogP contribution < -0.4 is 5.32 Å². The highest BCUT2D eigenvalue weighted by molar-refractivity contribution is 14.0. The SMILES string of the molecule is CCNC(=NCC1CCCC1O)N(C)Cc1cccc(Cl)c1.I. The van der Waals surface area contributed by atoms with Crippen LogP contribution in [0.25, 0.3) is 0 Å².